The zero-order valence-electron chi connectivity index (χ0n) is 15.1. The lowest BCUT2D eigenvalue weighted by Crippen LogP contribution is -2.25. The van der Waals surface area contributed by atoms with Crippen LogP contribution in [0, 0.1) is 0 Å². The Morgan fingerprint density at radius 2 is 1.92 bits per heavy atom. The van der Waals surface area contributed by atoms with Crippen molar-refractivity contribution in [2.24, 2.45) is 0 Å². The predicted molar refractivity (Wildman–Crippen MR) is 98.7 cm³/mol. The number of hydrogen-bond acceptors (Lipinski definition) is 4. The van der Waals surface area contributed by atoms with Gasteiger partial charge >= 0.3 is 0 Å². The summed E-state index contributed by atoms with van der Waals surface area (Å²) in [6.07, 6.45) is 8.93. The van der Waals surface area contributed by atoms with E-state index in [4.69, 9.17) is 9.57 Å². The number of hydroxylamine groups is 1. The molecule has 1 heterocycles. The highest BCUT2D eigenvalue weighted by molar-refractivity contribution is 5.75. The molecule has 1 aromatic carbocycles. The van der Waals surface area contributed by atoms with E-state index in [1.165, 1.54) is 0 Å². The zero-order chi connectivity index (χ0) is 18.5. The van der Waals surface area contributed by atoms with Gasteiger partial charge in [-0.15, -0.1) is 0 Å². The number of rotatable bonds is 12. The fourth-order valence-electron chi connectivity index (χ4n) is 2.64. The minimum absolute atomic E-state index is 0.0626. The van der Waals surface area contributed by atoms with Crippen molar-refractivity contribution in [2.45, 2.75) is 57.7 Å². The fraction of sp³-hybridized carbons (Fsp3) is 0.500. The molecule has 2 amide bonds. The molecule has 6 heteroatoms. The third kappa shape index (κ3) is 8.67. The minimum atomic E-state index is -0.116. The number of ether oxygens (including phenoxy) is 1. The second-order valence-corrected chi connectivity index (χ2v) is 6.36. The highest BCUT2D eigenvalue weighted by atomic mass is 16.6. The average molecular weight is 360 g/mol. The van der Waals surface area contributed by atoms with E-state index in [1.807, 2.05) is 36.4 Å². The lowest BCUT2D eigenvalue weighted by molar-refractivity contribution is -0.134. The summed E-state index contributed by atoms with van der Waals surface area (Å²) in [5, 5.41) is 2.91. The van der Waals surface area contributed by atoms with Crippen LogP contribution in [0.5, 0.6) is 0 Å². The van der Waals surface area contributed by atoms with Crippen molar-refractivity contribution >= 4 is 11.8 Å². The van der Waals surface area contributed by atoms with Gasteiger partial charge in [-0.3, -0.25) is 14.4 Å². The molecule has 1 unspecified atom stereocenters. The molecule has 0 saturated heterocycles. The SMILES string of the molecule is O=C(CCC1CC=CO1)NCCCCCC(=O)NOCc1ccccc1. The number of benzene rings is 1. The van der Waals surface area contributed by atoms with Gasteiger partial charge in [0.2, 0.25) is 11.8 Å². The Labute approximate surface area is 154 Å². The van der Waals surface area contributed by atoms with Gasteiger partial charge in [-0.2, -0.15) is 0 Å². The molecule has 6 nitrogen and oxygen atoms in total. The van der Waals surface area contributed by atoms with Crippen molar-refractivity contribution in [1.82, 2.24) is 10.8 Å². The van der Waals surface area contributed by atoms with Gasteiger partial charge in [-0.25, -0.2) is 5.48 Å². The number of nitrogens with one attached hydrogen (secondary N) is 2. The monoisotopic (exact) mass is 360 g/mol. The maximum absolute atomic E-state index is 11.7. The van der Waals surface area contributed by atoms with Crippen molar-refractivity contribution < 1.29 is 19.2 Å². The van der Waals surface area contributed by atoms with Gasteiger partial charge < -0.3 is 10.1 Å². The van der Waals surface area contributed by atoms with Crippen LogP contribution in [0.2, 0.25) is 0 Å². The summed E-state index contributed by atoms with van der Waals surface area (Å²) >= 11 is 0. The Balaban J connectivity index is 1.38. The molecular weight excluding hydrogens is 332 g/mol. The smallest absolute Gasteiger partial charge is 0.243 e. The largest absolute Gasteiger partial charge is 0.498 e. The van der Waals surface area contributed by atoms with Crippen molar-refractivity contribution in [3.05, 3.63) is 48.2 Å². The average Bonchev–Trinajstić information content (AvgIpc) is 3.17. The lowest BCUT2D eigenvalue weighted by Gasteiger charge is -2.10. The first-order chi connectivity index (χ1) is 12.7. The minimum Gasteiger partial charge on any atom is -0.498 e. The van der Waals surface area contributed by atoms with E-state index in [1.54, 1.807) is 6.26 Å². The molecule has 2 rings (SSSR count). The number of carbonyl (C=O) groups excluding carboxylic acids is 2. The van der Waals surface area contributed by atoms with E-state index in [9.17, 15) is 9.59 Å². The molecule has 0 radical (unpaired) electrons. The maximum atomic E-state index is 11.7. The molecule has 0 spiro atoms. The van der Waals surface area contributed by atoms with Crippen LogP contribution in [0.1, 0.15) is 50.5 Å². The second-order valence-electron chi connectivity index (χ2n) is 6.36. The standard InChI is InChI=1S/C20H28N2O4/c23-19(13-12-18-10-7-15-25-18)21-14-6-2-5-11-20(24)22-26-16-17-8-3-1-4-9-17/h1,3-4,7-9,15,18H,2,5-6,10-14,16H2,(H,21,23)(H,22,24). The maximum Gasteiger partial charge on any atom is 0.243 e. The second kappa shape index (κ2) is 12.1. The van der Waals surface area contributed by atoms with Gasteiger partial charge in [0.15, 0.2) is 0 Å². The van der Waals surface area contributed by atoms with Crippen LogP contribution in [0.15, 0.2) is 42.7 Å². The lowest BCUT2D eigenvalue weighted by atomic mass is 10.1. The van der Waals surface area contributed by atoms with Gasteiger partial charge in [0.1, 0.15) is 6.10 Å². The van der Waals surface area contributed by atoms with Crippen molar-refractivity contribution in [3.8, 4) is 0 Å². The van der Waals surface area contributed by atoms with E-state index in [-0.39, 0.29) is 17.9 Å². The van der Waals surface area contributed by atoms with Crippen molar-refractivity contribution in [3.63, 3.8) is 0 Å². The first-order valence-corrected chi connectivity index (χ1v) is 9.26. The summed E-state index contributed by atoms with van der Waals surface area (Å²) in [4.78, 5) is 28.6. The van der Waals surface area contributed by atoms with Gasteiger partial charge in [0.05, 0.1) is 12.9 Å². The van der Waals surface area contributed by atoms with Crippen LogP contribution in [0.3, 0.4) is 0 Å². The molecule has 0 fully saturated rings. The summed E-state index contributed by atoms with van der Waals surface area (Å²) in [6.45, 7) is 1.01. The summed E-state index contributed by atoms with van der Waals surface area (Å²) in [5.41, 5.74) is 3.47. The normalized spacial score (nSPS) is 15.5. The van der Waals surface area contributed by atoms with E-state index < -0.39 is 0 Å². The van der Waals surface area contributed by atoms with E-state index in [2.05, 4.69) is 10.8 Å². The first kappa shape index (κ1) is 20.0. The van der Waals surface area contributed by atoms with Gasteiger partial charge in [0, 0.05) is 25.8 Å². The number of amides is 2. The summed E-state index contributed by atoms with van der Waals surface area (Å²) < 4.78 is 5.33. The molecule has 1 aromatic rings. The first-order valence-electron chi connectivity index (χ1n) is 9.26. The van der Waals surface area contributed by atoms with Gasteiger partial charge in [0.25, 0.3) is 0 Å². The molecular formula is C20H28N2O4. The third-order valence-electron chi connectivity index (χ3n) is 4.13. The van der Waals surface area contributed by atoms with Gasteiger partial charge in [-0.05, 0) is 30.9 Å². The molecule has 0 saturated carbocycles. The molecule has 0 aromatic heterocycles. The number of carbonyl (C=O) groups is 2. The number of hydrogen-bond donors (Lipinski definition) is 2. The van der Waals surface area contributed by atoms with E-state index >= 15 is 0 Å². The molecule has 2 N–H and O–H groups in total. The van der Waals surface area contributed by atoms with E-state index in [0.29, 0.717) is 26.0 Å². The number of unbranched alkanes of at least 4 members (excludes halogenated alkanes) is 2. The van der Waals surface area contributed by atoms with Crippen LogP contribution in [0.25, 0.3) is 0 Å². The summed E-state index contributed by atoms with van der Waals surface area (Å²) in [7, 11) is 0. The molecule has 1 aliphatic rings. The Bertz CT molecular complexity index is 566. The van der Waals surface area contributed by atoms with E-state index in [0.717, 1.165) is 37.7 Å². The quantitative estimate of drug-likeness (QED) is 0.444. The fourth-order valence-corrected chi connectivity index (χ4v) is 2.64. The van der Waals surface area contributed by atoms with Gasteiger partial charge in [-0.1, -0.05) is 36.8 Å². The molecule has 1 aliphatic heterocycles. The molecule has 0 aliphatic carbocycles. The molecule has 1 atom stereocenters. The third-order valence-corrected chi connectivity index (χ3v) is 4.13. The van der Waals surface area contributed by atoms with Crippen LogP contribution in [-0.2, 0) is 25.8 Å². The van der Waals surface area contributed by atoms with Crippen LogP contribution < -0.4 is 10.8 Å². The van der Waals surface area contributed by atoms with Crippen molar-refractivity contribution in [1.29, 1.82) is 0 Å². The molecule has 0 bridgehead atoms. The Morgan fingerprint density at radius 1 is 1.08 bits per heavy atom. The zero-order valence-corrected chi connectivity index (χ0v) is 15.1. The van der Waals surface area contributed by atoms with Crippen molar-refractivity contribution in [2.75, 3.05) is 6.54 Å². The molecule has 26 heavy (non-hydrogen) atoms. The Hall–Kier alpha value is -2.34. The topological polar surface area (TPSA) is 76.7 Å². The Morgan fingerprint density at radius 3 is 2.69 bits per heavy atom. The summed E-state index contributed by atoms with van der Waals surface area (Å²) in [6, 6.07) is 9.68. The van der Waals surface area contributed by atoms with Crippen LogP contribution in [0.4, 0.5) is 0 Å². The van der Waals surface area contributed by atoms with Crippen LogP contribution >= 0.6 is 0 Å². The highest BCUT2D eigenvalue weighted by Crippen LogP contribution is 2.14. The highest BCUT2D eigenvalue weighted by Gasteiger charge is 2.13. The summed E-state index contributed by atoms with van der Waals surface area (Å²) in [5.74, 6) is -0.0531. The predicted octanol–water partition coefficient (Wildman–Crippen LogP) is 2.99. The van der Waals surface area contributed by atoms with Crippen LogP contribution in [-0.4, -0.2) is 24.5 Å². The Kier molecular flexibility index (Phi) is 9.29. The molecule has 142 valence electrons.